The van der Waals surface area contributed by atoms with Gasteiger partial charge in [-0.1, -0.05) is 35.9 Å². The summed E-state index contributed by atoms with van der Waals surface area (Å²) in [5, 5.41) is 5.08. The number of nitrogens with zero attached hydrogens (tertiary/aromatic N) is 3. The van der Waals surface area contributed by atoms with Gasteiger partial charge in [-0.05, 0) is 50.3 Å². The van der Waals surface area contributed by atoms with E-state index in [9.17, 15) is 13.6 Å². The molecule has 168 valence electrons. The Labute approximate surface area is 193 Å². The van der Waals surface area contributed by atoms with Gasteiger partial charge in [-0.2, -0.15) is 0 Å². The average Bonchev–Trinajstić information content (AvgIpc) is 2.79. The van der Waals surface area contributed by atoms with Crippen molar-refractivity contribution >= 4 is 39.4 Å². The average molecular weight is 467 g/mol. The molecule has 33 heavy (non-hydrogen) atoms. The fourth-order valence-corrected chi connectivity index (χ4v) is 4.02. The molecule has 1 atom stereocenters. The minimum Gasteiger partial charge on any atom is -0.361 e. The van der Waals surface area contributed by atoms with Gasteiger partial charge in [0.1, 0.15) is 12.1 Å². The van der Waals surface area contributed by atoms with Gasteiger partial charge in [-0.3, -0.25) is 9.36 Å². The molecule has 8 heteroatoms. The molecule has 4 rings (SSSR count). The van der Waals surface area contributed by atoms with Crippen molar-refractivity contribution in [3.05, 3.63) is 93.0 Å². The Bertz CT molecular complexity index is 1530. The van der Waals surface area contributed by atoms with Gasteiger partial charge >= 0.3 is 0 Å². The number of fused-ring (bicyclic) bond motifs is 1. The van der Waals surface area contributed by atoms with Crippen LogP contribution in [0.3, 0.4) is 0 Å². The molecule has 2 aromatic heterocycles. The summed E-state index contributed by atoms with van der Waals surface area (Å²) in [5.41, 5.74) is 1.34. The van der Waals surface area contributed by atoms with Crippen molar-refractivity contribution in [3.63, 3.8) is 0 Å². The van der Waals surface area contributed by atoms with Gasteiger partial charge in [0.25, 0.3) is 5.56 Å². The first-order valence-electron chi connectivity index (χ1n) is 10.3. The van der Waals surface area contributed by atoms with E-state index in [1.54, 1.807) is 11.5 Å². The highest BCUT2D eigenvalue weighted by atomic mass is 35.5. The van der Waals surface area contributed by atoms with Crippen molar-refractivity contribution < 1.29 is 8.78 Å². The highest BCUT2D eigenvalue weighted by molar-refractivity contribution is 6.44. The third kappa shape index (κ3) is 4.24. The van der Waals surface area contributed by atoms with Gasteiger partial charge in [0, 0.05) is 27.9 Å². The molecule has 0 amide bonds. The second-order valence-corrected chi connectivity index (χ2v) is 8.14. The number of benzene rings is 2. The predicted octanol–water partition coefficient (Wildman–Crippen LogP) is 4.40. The first kappa shape index (κ1) is 22.6. The maximum atomic E-state index is 13.9. The molecular formula is C25H21ClF2N4O. The number of pyridine rings is 1. The van der Waals surface area contributed by atoms with Crippen LogP contribution in [-0.2, 0) is 0 Å². The van der Waals surface area contributed by atoms with Gasteiger partial charge in [0.15, 0.2) is 11.6 Å². The fourth-order valence-electron chi connectivity index (χ4n) is 3.83. The van der Waals surface area contributed by atoms with Gasteiger partial charge < -0.3 is 5.32 Å². The van der Waals surface area contributed by atoms with E-state index in [-0.39, 0.29) is 11.1 Å². The maximum absolute atomic E-state index is 13.9. The molecule has 0 saturated heterocycles. The van der Waals surface area contributed by atoms with E-state index in [2.05, 4.69) is 15.3 Å². The minimum absolute atomic E-state index is 0.256. The van der Waals surface area contributed by atoms with Crippen LogP contribution in [0.25, 0.3) is 27.7 Å². The van der Waals surface area contributed by atoms with E-state index in [1.165, 1.54) is 6.33 Å². The topological polar surface area (TPSA) is 59.8 Å². The van der Waals surface area contributed by atoms with E-state index in [0.29, 0.717) is 38.1 Å². The largest absolute Gasteiger partial charge is 0.361 e. The molecule has 0 fully saturated rings. The van der Waals surface area contributed by atoms with Crippen molar-refractivity contribution in [2.24, 2.45) is 0 Å². The number of nitrogens with one attached hydrogen (secondary N) is 1. The molecule has 4 aromatic rings. The molecule has 1 N–H and O–H groups in total. The van der Waals surface area contributed by atoms with Gasteiger partial charge in [-0.25, -0.2) is 18.7 Å². The molecule has 0 radical (unpaired) electrons. The molecule has 0 spiro atoms. The fraction of sp³-hybridized carbons (Fsp3) is 0.160. The van der Waals surface area contributed by atoms with E-state index in [0.717, 1.165) is 12.1 Å². The first-order chi connectivity index (χ1) is 15.8. The Hall–Kier alpha value is -3.58. The SMILES string of the molecule is CC=c1cc(C(C)Nc2ncnc3cc(F)c(F)cc23)n(-c2ccccc2)c(=O)c1=C(C)Cl. The van der Waals surface area contributed by atoms with E-state index in [1.807, 2.05) is 56.3 Å². The molecule has 0 aliphatic rings. The van der Waals surface area contributed by atoms with Crippen LogP contribution < -0.4 is 21.3 Å². The third-order valence-electron chi connectivity index (χ3n) is 5.41. The van der Waals surface area contributed by atoms with Gasteiger partial charge in [0.05, 0.1) is 16.8 Å². The zero-order chi connectivity index (χ0) is 23.7. The Morgan fingerprint density at radius 1 is 1.12 bits per heavy atom. The summed E-state index contributed by atoms with van der Waals surface area (Å²) in [5.74, 6) is -1.65. The number of aromatic nitrogens is 3. The normalized spacial score (nSPS) is 13.8. The molecule has 5 nitrogen and oxygen atoms in total. The van der Waals surface area contributed by atoms with Gasteiger partial charge in [-0.15, -0.1) is 0 Å². The summed E-state index contributed by atoms with van der Waals surface area (Å²) in [4.78, 5) is 21.8. The highest BCUT2D eigenvalue weighted by Crippen LogP contribution is 2.26. The quantitative estimate of drug-likeness (QED) is 0.484. The van der Waals surface area contributed by atoms with Crippen LogP contribution in [0.4, 0.5) is 14.6 Å². The lowest BCUT2D eigenvalue weighted by Gasteiger charge is -2.21. The van der Waals surface area contributed by atoms with Gasteiger partial charge in [0.2, 0.25) is 0 Å². The number of hydrogen-bond acceptors (Lipinski definition) is 4. The van der Waals surface area contributed by atoms with Crippen molar-refractivity contribution in [2.45, 2.75) is 26.8 Å². The first-order valence-corrected chi connectivity index (χ1v) is 10.7. The highest BCUT2D eigenvalue weighted by Gasteiger charge is 2.18. The minimum atomic E-state index is -0.991. The number of para-hydroxylation sites is 1. The summed E-state index contributed by atoms with van der Waals surface area (Å²) in [6.45, 7) is 5.38. The van der Waals surface area contributed by atoms with Crippen molar-refractivity contribution in [1.29, 1.82) is 0 Å². The zero-order valence-corrected chi connectivity index (χ0v) is 19.0. The second-order valence-electron chi connectivity index (χ2n) is 7.57. The van der Waals surface area contributed by atoms with E-state index >= 15 is 0 Å². The molecule has 0 bridgehead atoms. The molecule has 2 heterocycles. The number of halogens is 3. The lowest BCUT2D eigenvalue weighted by atomic mass is 10.1. The third-order valence-corrected chi connectivity index (χ3v) is 5.60. The summed E-state index contributed by atoms with van der Waals surface area (Å²) in [7, 11) is 0. The Balaban J connectivity index is 1.94. The zero-order valence-electron chi connectivity index (χ0n) is 18.2. The summed E-state index contributed by atoms with van der Waals surface area (Å²) >= 11 is 6.29. The van der Waals surface area contributed by atoms with Crippen LogP contribution in [0.2, 0.25) is 0 Å². The standard InChI is InChI=1S/C25H21ClF2N4O/c1-4-16-10-22(32(17-8-6-5-7-9-17)25(33)23(16)14(2)26)15(3)31-24-18-11-19(27)20(28)12-21(18)29-13-30-24/h4-13,15H,1-3H3,(H,29,30,31). The van der Waals surface area contributed by atoms with Crippen molar-refractivity contribution in [2.75, 3.05) is 5.32 Å². The summed E-state index contributed by atoms with van der Waals surface area (Å²) in [6.07, 6.45) is 3.10. The maximum Gasteiger partial charge on any atom is 0.264 e. The molecule has 0 aliphatic heterocycles. The van der Waals surface area contributed by atoms with Crippen LogP contribution in [0, 0.1) is 11.6 Å². The van der Waals surface area contributed by atoms with Crippen LogP contribution in [-0.4, -0.2) is 14.5 Å². The van der Waals surface area contributed by atoms with Crippen LogP contribution >= 0.6 is 11.6 Å². The predicted molar refractivity (Wildman–Crippen MR) is 128 cm³/mol. The molecular weight excluding hydrogens is 446 g/mol. The summed E-state index contributed by atoms with van der Waals surface area (Å²) < 4.78 is 29.2. The van der Waals surface area contributed by atoms with E-state index in [4.69, 9.17) is 11.6 Å². The Morgan fingerprint density at radius 3 is 2.48 bits per heavy atom. The summed E-state index contributed by atoms with van der Waals surface area (Å²) in [6, 6.07) is 12.8. The monoisotopic (exact) mass is 466 g/mol. The molecule has 1 unspecified atom stereocenters. The van der Waals surface area contributed by atoms with Crippen LogP contribution in [0.1, 0.15) is 32.5 Å². The molecule has 2 aromatic carbocycles. The lowest BCUT2D eigenvalue weighted by molar-refractivity contribution is 0.510. The molecule has 0 saturated carbocycles. The van der Waals surface area contributed by atoms with Crippen molar-refractivity contribution in [1.82, 2.24) is 14.5 Å². The smallest absolute Gasteiger partial charge is 0.264 e. The molecule has 0 aliphatic carbocycles. The van der Waals surface area contributed by atoms with Crippen LogP contribution in [0.15, 0.2) is 59.7 Å². The Kier molecular flexibility index (Phi) is 6.24. The second kappa shape index (κ2) is 9.11. The number of rotatable bonds is 4. The Morgan fingerprint density at radius 2 is 1.82 bits per heavy atom. The van der Waals surface area contributed by atoms with Crippen molar-refractivity contribution in [3.8, 4) is 5.69 Å². The number of anilines is 1. The lowest BCUT2D eigenvalue weighted by Crippen LogP contribution is -2.47. The number of hydrogen-bond donors (Lipinski definition) is 1. The van der Waals surface area contributed by atoms with Crippen LogP contribution in [0.5, 0.6) is 0 Å². The van der Waals surface area contributed by atoms with E-state index < -0.39 is 17.7 Å².